The van der Waals surface area contributed by atoms with Crippen molar-refractivity contribution in [1.29, 1.82) is 0 Å². The van der Waals surface area contributed by atoms with Gasteiger partial charge in [0.05, 0.1) is 6.10 Å². The minimum atomic E-state index is -0.750. The number of rotatable bonds is 6. The lowest BCUT2D eigenvalue weighted by atomic mass is 9.44. The van der Waals surface area contributed by atoms with E-state index in [2.05, 4.69) is 34.6 Å². The molecule has 1 spiro atoms. The standard InChI is InChI=1S/C39H62O7/c1-22(8-14-33(40)41)28-12-13-31-27-10-9-25-21-26(15-18-36(25,4)32(27)16-19-37(28,31)5)42-34-24(3)30-11-7-23(2)29-17-20-38(6)44-35(43-34)39(29,30)46-45-38/h22-32,34-35H,7-21H2,1-6H3,(H,40,41)/t22-,23-,24-,25?,26-,27?,28-,29?,30+,31?,32?,34?,35?,36+,37-,38-,39-/m1/s1. The van der Waals surface area contributed by atoms with E-state index < -0.39 is 23.6 Å². The molecule has 4 aliphatic heterocycles. The number of aliphatic carboxylic acids is 1. The number of carboxylic acid groups (broad SMARTS) is 1. The predicted molar refractivity (Wildman–Crippen MR) is 173 cm³/mol. The van der Waals surface area contributed by atoms with Crippen LogP contribution in [0.15, 0.2) is 0 Å². The summed E-state index contributed by atoms with van der Waals surface area (Å²) in [5.74, 6) is 4.46. The molecule has 0 aromatic heterocycles. The number of carbonyl (C=O) groups is 1. The van der Waals surface area contributed by atoms with Crippen LogP contribution in [-0.4, -0.2) is 41.1 Å². The van der Waals surface area contributed by atoms with Crippen LogP contribution in [0, 0.1) is 70.0 Å². The van der Waals surface area contributed by atoms with Crippen LogP contribution in [0.25, 0.3) is 0 Å². The summed E-state index contributed by atoms with van der Waals surface area (Å²) in [7, 11) is 0. The van der Waals surface area contributed by atoms with E-state index in [1.165, 1.54) is 51.4 Å². The third-order valence-corrected chi connectivity index (χ3v) is 16.6. The Bertz CT molecular complexity index is 1180. The minimum absolute atomic E-state index is 0.231. The summed E-state index contributed by atoms with van der Waals surface area (Å²) >= 11 is 0. The first-order valence-corrected chi connectivity index (χ1v) is 19.5. The number of hydrogen-bond donors (Lipinski definition) is 1. The number of carboxylic acids is 1. The molecule has 0 amide bonds. The fraction of sp³-hybridized carbons (Fsp3) is 0.974. The first-order valence-electron chi connectivity index (χ1n) is 19.5. The van der Waals surface area contributed by atoms with Gasteiger partial charge in [-0.25, -0.2) is 9.78 Å². The van der Waals surface area contributed by atoms with E-state index in [0.717, 1.165) is 62.2 Å². The molecule has 0 aromatic rings. The summed E-state index contributed by atoms with van der Waals surface area (Å²) in [6.45, 7) is 14.3. The molecule has 7 heteroatoms. The molecule has 7 unspecified atom stereocenters. The van der Waals surface area contributed by atoms with Gasteiger partial charge in [-0.05, 0) is 149 Å². The van der Waals surface area contributed by atoms with E-state index in [1.54, 1.807) is 0 Å². The Kier molecular flexibility index (Phi) is 8.05. The maximum Gasteiger partial charge on any atom is 0.303 e. The van der Waals surface area contributed by atoms with E-state index in [1.807, 2.05) is 6.92 Å². The molecule has 17 atom stereocenters. The number of hydrogen-bond acceptors (Lipinski definition) is 6. The molecule has 9 rings (SSSR count). The molecule has 9 aliphatic rings. The molecular weight excluding hydrogens is 580 g/mol. The monoisotopic (exact) mass is 642 g/mol. The highest BCUT2D eigenvalue weighted by atomic mass is 17.3. The van der Waals surface area contributed by atoms with Gasteiger partial charge in [-0.1, -0.05) is 34.6 Å². The Hall–Kier alpha value is -0.730. The van der Waals surface area contributed by atoms with E-state index in [4.69, 9.17) is 24.0 Å². The zero-order chi connectivity index (χ0) is 32.2. The van der Waals surface area contributed by atoms with Gasteiger partial charge in [0.25, 0.3) is 0 Å². The lowest BCUT2D eigenvalue weighted by Crippen LogP contribution is -2.70. The van der Waals surface area contributed by atoms with Crippen molar-refractivity contribution < 1.29 is 33.9 Å². The van der Waals surface area contributed by atoms with Crippen LogP contribution in [0.2, 0.25) is 0 Å². The van der Waals surface area contributed by atoms with E-state index in [-0.39, 0.29) is 18.3 Å². The van der Waals surface area contributed by atoms with Crippen molar-refractivity contribution >= 4 is 5.97 Å². The van der Waals surface area contributed by atoms with Crippen LogP contribution >= 0.6 is 0 Å². The van der Waals surface area contributed by atoms with Gasteiger partial charge in [0.1, 0.15) is 0 Å². The summed E-state index contributed by atoms with van der Waals surface area (Å²) in [5.41, 5.74) is 0.255. The highest BCUT2D eigenvalue weighted by Gasteiger charge is 2.70. The number of ether oxygens (including phenoxy) is 3. The second-order valence-electron chi connectivity index (χ2n) is 18.6. The second kappa shape index (κ2) is 11.4. The third kappa shape index (κ3) is 4.77. The molecule has 5 aliphatic carbocycles. The predicted octanol–water partition coefficient (Wildman–Crippen LogP) is 8.74. The van der Waals surface area contributed by atoms with Gasteiger partial charge in [-0.3, -0.25) is 4.79 Å². The van der Waals surface area contributed by atoms with Gasteiger partial charge in [-0.15, -0.1) is 0 Å². The Morgan fingerprint density at radius 2 is 1.59 bits per heavy atom. The van der Waals surface area contributed by atoms with Crippen LogP contribution in [0.1, 0.15) is 138 Å². The Morgan fingerprint density at radius 1 is 0.848 bits per heavy atom. The average molecular weight is 643 g/mol. The Labute approximate surface area is 277 Å². The maximum atomic E-state index is 11.3. The molecule has 2 bridgehead atoms. The van der Waals surface area contributed by atoms with E-state index in [9.17, 15) is 9.90 Å². The molecule has 7 nitrogen and oxygen atoms in total. The summed E-state index contributed by atoms with van der Waals surface area (Å²) in [4.78, 5) is 23.7. The third-order valence-electron chi connectivity index (χ3n) is 16.6. The van der Waals surface area contributed by atoms with Crippen molar-refractivity contribution in [2.45, 2.75) is 168 Å². The van der Waals surface area contributed by atoms with Gasteiger partial charge in [-0.2, -0.15) is 0 Å². The minimum Gasteiger partial charge on any atom is -0.481 e. The topological polar surface area (TPSA) is 83.5 Å². The zero-order valence-electron chi connectivity index (χ0n) is 29.5. The normalized spacial score (nSPS) is 56.6. The van der Waals surface area contributed by atoms with E-state index in [0.29, 0.717) is 46.8 Å². The highest BCUT2D eigenvalue weighted by molar-refractivity contribution is 5.66. The molecular formula is C39H62O7. The van der Waals surface area contributed by atoms with Crippen LogP contribution < -0.4 is 0 Å². The van der Waals surface area contributed by atoms with Crippen molar-refractivity contribution in [2.75, 3.05) is 0 Å². The lowest BCUT2D eigenvalue weighted by Gasteiger charge is -2.62. The highest BCUT2D eigenvalue weighted by Crippen LogP contribution is 2.69. The summed E-state index contributed by atoms with van der Waals surface area (Å²) < 4.78 is 20.5. The number of fused-ring (bicyclic) bond motifs is 7. The van der Waals surface area contributed by atoms with Crippen molar-refractivity contribution in [1.82, 2.24) is 0 Å². The maximum absolute atomic E-state index is 11.3. The van der Waals surface area contributed by atoms with E-state index >= 15 is 0 Å². The summed E-state index contributed by atoms with van der Waals surface area (Å²) in [6, 6.07) is 0. The van der Waals surface area contributed by atoms with Crippen molar-refractivity contribution in [3.05, 3.63) is 0 Å². The van der Waals surface area contributed by atoms with Gasteiger partial charge in [0.15, 0.2) is 18.2 Å². The van der Waals surface area contributed by atoms with Gasteiger partial charge < -0.3 is 19.3 Å². The van der Waals surface area contributed by atoms with Gasteiger partial charge in [0, 0.05) is 24.7 Å². The van der Waals surface area contributed by atoms with Crippen LogP contribution in [-0.2, 0) is 28.8 Å². The molecule has 0 aromatic carbocycles. The first kappa shape index (κ1) is 32.5. The fourth-order valence-electron chi connectivity index (χ4n) is 14.1. The quantitative estimate of drug-likeness (QED) is 0.229. The second-order valence-corrected chi connectivity index (χ2v) is 18.6. The molecule has 46 heavy (non-hydrogen) atoms. The first-order chi connectivity index (χ1) is 21.9. The molecule has 5 saturated carbocycles. The largest absolute Gasteiger partial charge is 0.481 e. The van der Waals surface area contributed by atoms with Gasteiger partial charge in [0.2, 0.25) is 5.79 Å². The van der Waals surface area contributed by atoms with Crippen LogP contribution in [0.4, 0.5) is 0 Å². The van der Waals surface area contributed by atoms with Crippen LogP contribution in [0.5, 0.6) is 0 Å². The fourth-order valence-corrected chi connectivity index (χ4v) is 14.1. The lowest BCUT2D eigenvalue weighted by molar-refractivity contribution is -0.578. The van der Waals surface area contributed by atoms with Crippen molar-refractivity contribution in [3.63, 3.8) is 0 Å². The van der Waals surface area contributed by atoms with Gasteiger partial charge >= 0.3 is 5.97 Å². The molecule has 0 radical (unpaired) electrons. The summed E-state index contributed by atoms with van der Waals surface area (Å²) in [6.07, 6.45) is 16.4. The molecule has 1 N–H and O–H groups in total. The SMILES string of the molecule is C[C@@H]1CC[C@H]2[C@@H](C)C(O[C@@H]3CC[C@@]4(C)C(CCC5C4CC[C@@]4(C)C5CC[C@@H]4[C@H](C)CCC(=O)O)C3)OC3O[C@@]4(C)CCC1[C@]32OO4. The Morgan fingerprint density at radius 3 is 2.39 bits per heavy atom. The molecule has 4 saturated heterocycles. The molecule has 4 heterocycles. The van der Waals surface area contributed by atoms with Crippen LogP contribution in [0.3, 0.4) is 0 Å². The molecule has 260 valence electrons. The molecule has 9 fully saturated rings. The zero-order valence-corrected chi connectivity index (χ0v) is 29.5. The Balaban J connectivity index is 0.942. The smallest absolute Gasteiger partial charge is 0.303 e. The summed E-state index contributed by atoms with van der Waals surface area (Å²) in [5, 5.41) is 9.32. The van der Waals surface area contributed by atoms with Crippen molar-refractivity contribution in [2.24, 2.45) is 70.0 Å². The van der Waals surface area contributed by atoms with Crippen molar-refractivity contribution in [3.8, 4) is 0 Å². The average Bonchev–Trinajstić information content (AvgIpc) is 3.22.